The summed E-state index contributed by atoms with van der Waals surface area (Å²) < 4.78 is 5.61. The van der Waals surface area contributed by atoms with E-state index < -0.39 is 0 Å². The van der Waals surface area contributed by atoms with Crippen molar-refractivity contribution >= 4 is 11.6 Å². The average molecular weight is 404 g/mol. The van der Waals surface area contributed by atoms with Gasteiger partial charge in [0.05, 0.1) is 0 Å². The van der Waals surface area contributed by atoms with E-state index in [0.717, 1.165) is 71.3 Å². The average Bonchev–Trinajstić information content (AvgIpc) is 2.75. The van der Waals surface area contributed by atoms with Gasteiger partial charge in [0.2, 0.25) is 0 Å². The predicted octanol–water partition coefficient (Wildman–Crippen LogP) is 2.82. The van der Waals surface area contributed by atoms with Crippen LogP contribution in [0.3, 0.4) is 0 Å². The zero-order valence-corrected chi connectivity index (χ0v) is 18.7. The van der Waals surface area contributed by atoms with Gasteiger partial charge in [0.1, 0.15) is 0 Å². The summed E-state index contributed by atoms with van der Waals surface area (Å²) in [7, 11) is 1.83. The molecule has 0 amide bonds. The number of unbranched alkanes of at least 4 members (excludes halogenated alkanes) is 1. The molecule has 1 aliphatic rings. The monoisotopic (exact) mass is 403 g/mol. The highest BCUT2D eigenvalue weighted by atomic mass is 16.5. The lowest BCUT2D eigenvalue weighted by atomic mass is 10.2. The van der Waals surface area contributed by atoms with Gasteiger partial charge in [-0.25, -0.2) is 0 Å². The van der Waals surface area contributed by atoms with Crippen LogP contribution in [-0.2, 0) is 4.74 Å². The molecular formula is C23H41N5O. The van der Waals surface area contributed by atoms with Crippen molar-refractivity contribution in [1.82, 2.24) is 15.5 Å². The van der Waals surface area contributed by atoms with Gasteiger partial charge in [-0.3, -0.25) is 9.89 Å². The summed E-state index contributed by atoms with van der Waals surface area (Å²) >= 11 is 0. The number of guanidine groups is 1. The fourth-order valence-electron chi connectivity index (χ4n) is 3.46. The van der Waals surface area contributed by atoms with Crippen LogP contribution >= 0.6 is 0 Å². The first kappa shape index (κ1) is 23.5. The molecule has 1 saturated heterocycles. The Labute approximate surface area is 177 Å². The highest BCUT2D eigenvalue weighted by Gasteiger charge is 2.16. The second-order valence-corrected chi connectivity index (χ2v) is 8.12. The largest absolute Gasteiger partial charge is 0.381 e. The molecule has 0 saturated carbocycles. The van der Waals surface area contributed by atoms with Crippen molar-refractivity contribution < 1.29 is 4.74 Å². The third-order valence-corrected chi connectivity index (χ3v) is 5.12. The van der Waals surface area contributed by atoms with E-state index in [1.165, 1.54) is 18.7 Å². The van der Waals surface area contributed by atoms with Crippen molar-refractivity contribution in [2.45, 2.75) is 33.1 Å². The van der Waals surface area contributed by atoms with Gasteiger partial charge in [0.15, 0.2) is 5.96 Å². The third-order valence-electron chi connectivity index (χ3n) is 5.12. The summed E-state index contributed by atoms with van der Waals surface area (Å²) in [6.45, 7) is 13.6. The molecule has 0 spiro atoms. The summed E-state index contributed by atoms with van der Waals surface area (Å²) in [5, 5.41) is 6.78. The Balaban J connectivity index is 1.47. The Morgan fingerprint density at radius 3 is 2.34 bits per heavy atom. The van der Waals surface area contributed by atoms with Crippen LogP contribution in [0, 0.1) is 5.92 Å². The maximum atomic E-state index is 5.61. The first-order chi connectivity index (χ1) is 14.2. The predicted molar refractivity (Wildman–Crippen MR) is 124 cm³/mol. The molecule has 2 N–H and O–H groups in total. The smallest absolute Gasteiger partial charge is 0.190 e. The number of ether oxygens (including phenoxy) is 1. The lowest BCUT2D eigenvalue weighted by Crippen LogP contribution is -2.46. The van der Waals surface area contributed by atoms with E-state index in [-0.39, 0.29) is 0 Å². The van der Waals surface area contributed by atoms with Crippen LogP contribution < -0.4 is 15.5 Å². The fourth-order valence-corrected chi connectivity index (χ4v) is 3.46. The summed E-state index contributed by atoms with van der Waals surface area (Å²) in [5.74, 6) is 1.50. The number of hydrogen-bond donors (Lipinski definition) is 2. The number of benzene rings is 1. The Kier molecular flexibility index (Phi) is 11.5. The Bertz CT molecular complexity index is 556. The zero-order valence-electron chi connectivity index (χ0n) is 18.7. The molecule has 6 nitrogen and oxygen atoms in total. The minimum Gasteiger partial charge on any atom is -0.381 e. The van der Waals surface area contributed by atoms with E-state index in [1.807, 2.05) is 7.05 Å². The van der Waals surface area contributed by atoms with Crippen LogP contribution in [0.2, 0.25) is 0 Å². The van der Waals surface area contributed by atoms with E-state index in [4.69, 9.17) is 4.74 Å². The Morgan fingerprint density at radius 2 is 1.69 bits per heavy atom. The standard InChI is InChI=1S/C23H41N5O/c1-21(2)20-29-19-9-13-26-23(24-3)25-12-7-8-14-27-15-17-28(18-16-27)22-10-5-4-6-11-22/h4-6,10-11,21H,7-9,12-20H2,1-3H3,(H2,24,25,26). The number of piperazine rings is 1. The second kappa shape index (κ2) is 14.2. The number of aliphatic imine (C=N–C) groups is 1. The fraction of sp³-hybridized carbons (Fsp3) is 0.696. The van der Waals surface area contributed by atoms with Gasteiger partial charge in [0, 0.05) is 65.2 Å². The van der Waals surface area contributed by atoms with Gasteiger partial charge in [0.25, 0.3) is 0 Å². The molecular weight excluding hydrogens is 362 g/mol. The van der Waals surface area contributed by atoms with Gasteiger partial charge < -0.3 is 20.3 Å². The molecule has 0 bridgehead atoms. The van der Waals surface area contributed by atoms with E-state index in [9.17, 15) is 0 Å². The Hall–Kier alpha value is -1.79. The van der Waals surface area contributed by atoms with Crippen molar-refractivity contribution in [3.63, 3.8) is 0 Å². The van der Waals surface area contributed by atoms with E-state index >= 15 is 0 Å². The molecule has 0 atom stereocenters. The number of para-hydroxylation sites is 1. The van der Waals surface area contributed by atoms with Crippen LogP contribution in [0.25, 0.3) is 0 Å². The third kappa shape index (κ3) is 9.99. The van der Waals surface area contributed by atoms with Gasteiger partial charge in [-0.15, -0.1) is 0 Å². The molecule has 1 fully saturated rings. The summed E-state index contributed by atoms with van der Waals surface area (Å²) in [4.78, 5) is 9.37. The normalized spacial score (nSPS) is 15.7. The number of nitrogens with one attached hydrogen (secondary N) is 2. The lowest BCUT2D eigenvalue weighted by Gasteiger charge is -2.36. The highest BCUT2D eigenvalue weighted by molar-refractivity contribution is 5.79. The van der Waals surface area contributed by atoms with Crippen LogP contribution in [-0.4, -0.2) is 76.9 Å². The molecule has 0 aliphatic carbocycles. The van der Waals surface area contributed by atoms with Gasteiger partial charge in [-0.2, -0.15) is 0 Å². The van der Waals surface area contributed by atoms with E-state index in [0.29, 0.717) is 5.92 Å². The first-order valence-corrected chi connectivity index (χ1v) is 11.2. The van der Waals surface area contributed by atoms with Crippen LogP contribution in [0.15, 0.2) is 35.3 Å². The van der Waals surface area contributed by atoms with Crippen molar-refractivity contribution in [2.75, 3.05) is 71.0 Å². The SMILES string of the molecule is CN=C(NCCCCN1CCN(c2ccccc2)CC1)NCCCOCC(C)C. The summed E-state index contributed by atoms with van der Waals surface area (Å²) in [6, 6.07) is 10.7. The second-order valence-electron chi connectivity index (χ2n) is 8.12. The maximum absolute atomic E-state index is 5.61. The molecule has 29 heavy (non-hydrogen) atoms. The molecule has 6 heteroatoms. The minimum atomic E-state index is 0.602. The van der Waals surface area contributed by atoms with Crippen molar-refractivity contribution in [3.05, 3.63) is 30.3 Å². The van der Waals surface area contributed by atoms with Gasteiger partial charge in [-0.05, 0) is 43.9 Å². The Morgan fingerprint density at radius 1 is 1.00 bits per heavy atom. The topological polar surface area (TPSA) is 52.1 Å². The van der Waals surface area contributed by atoms with Crippen LogP contribution in [0.4, 0.5) is 5.69 Å². The molecule has 2 rings (SSSR count). The molecule has 164 valence electrons. The number of hydrogen-bond acceptors (Lipinski definition) is 4. The van der Waals surface area contributed by atoms with E-state index in [2.05, 4.69) is 69.6 Å². The van der Waals surface area contributed by atoms with Crippen LogP contribution in [0.1, 0.15) is 33.1 Å². The molecule has 0 radical (unpaired) electrons. The van der Waals surface area contributed by atoms with Crippen molar-refractivity contribution in [3.8, 4) is 0 Å². The maximum Gasteiger partial charge on any atom is 0.190 e. The number of anilines is 1. The number of rotatable bonds is 12. The quantitative estimate of drug-likeness (QED) is 0.319. The summed E-state index contributed by atoms with van der Waals surface area (Å²) in [6.07, 6.45) is 3.39. The number of nitrogens with zero attached hydrogens (tertiary/aromatic N) is 3. The van der Waals surface area contributed by atoms with Crippen molar-refractivity contribution in [1.29, 1.82) is 0 Å². The van der Waals surface area contributed by atoms with Crippen molar-refractivity contribution in [2.24, 2.45) is 10.9 Å². The minimum absolute atomic E-state index is 0.602. The van der Waals surface area contributed by atoms with Crippen LogP contribution in [0.5, 0.6) is 0 Å². The molecule has 0 aromatic heterocycles. The van der Waals surface area contributed by atoms with Gasteiger partial charge in [-0.1, -0.05) is 32.0 Å². The molecule has 1 aliphatic heterocycles. The summed E-state index contributed by atoms with van der Waals surface area (Å²) in [5.41, 5.74) is 1.35. The zero-order chi connectivity index (χ0) is 20.7. The molecule has 1 aromatic rings. The molecule has 0 unspecified atom stereocenters. The lowest BCUT2D eigenvalue weighted by molar-refractivity contribution is 0.108. The van der Waals surface area contributed by atoms with E-state index in [1.54, 1.807) is 0 Å². The highest BCUT2D eigenvalue weighted by Crippen LogP contribution is 2.15. The first-order valence-electron chi connectivity index (χ1n) is 11.2. The van der Waals surface area contributed by atoms with Gasteiger partial charge >= 0.3 is 0 Å². The molecule has 1 aromatic carbocycles. The molecule has 1 heterocycles.